The highest BCUT2D eigenvalue weighted by Crippen LogP contribution is 2.42. The van der Waals surface area contributed by atoms with Crippen LogP contribution in [-0.2, 0) is 41.7 Å². The highest BCUT2D eigenvalue weighted by atomic mass is 16.7. The van der Waals surface area contributed by atoms with Crippen molar-refractivity contribution in [3.63, 3.8) is 0 Å². The molecule has 10 nitrogen and oxygen atoms in total. The number of benzene rings is 2. The summed E-state index contributed by atoms with van der Waals surface area (Å²) in [6.07, 6.45) is 3.57. The Labute approximate surface area is 279 Å². The molecular formula is C37H53N3O7. The lowest BCUT2D eigenvalue weighted by Crippen LogP contribution is -2.48. The lowest BCUT2D eigenvalue weighted by Gasteiger charge is -2.43. The van der Waals surface area contributed by atoms with E-state index in [0.717, 1.165) is 60.9 Å². The number of amides is 2. The molecule has 0 bridgehead atoms. The van der Waals surface area contributed by atoms with Crippen LogP contribution in [0.1, 0.15) is 108 Å². The zero-order chi connectivity index (χ0) is 34.0. The summed E-state index contributed by atoms with van der Waals surface area (Å²) >= 11 is 0. The third-order valence-corrected chi connectivity index (χ3v) is 8.78. The normalized spacial score (nSPS) is 23.3. The monoisotopic (exact) mass is 651 g/mol. The average molecular weight is 652 g/mol. The molecule has 2 aromatic carbocycles. The van der Waals surface area contributed by atoms with Crippen molar-refractivity contribution in [1.82, 2.24) is 15.5 Å². The number of carbonyl (C=O) groups is 3. The maximum Gasteiger partial charge on any atom is 0.323 e. The number of aliphatic hydroxyl groups excluding tert-OH is 1. The first-order valence-electron chi connectivity index (χ1n) is 17.0. The van der Waals surface area contributed by atoms with Crippen LogP contribution in [-0.4, -0.2) is 65.2 Å². The first-order valence-corrected chi connectivity index (χ1v) is 17.0. The Morgan fingerprint density at radius 1 is 0.936 bits per heavy atom. The quantitative estimate of drug-likeness (QED) is 0.191. The van der Waals surface area contributed by atoms with E-state index in [1.807, 2.05) is 69.3 Å². The highest BCUT2D eigenvalue weighted by molar-refractivity contribution is 5.76. The van der Waals surface area contributed by atoms with Gasteiger partial charge in [0.1, 0.15) is 11.6 Å². The fourth-order valence-electron chi connectivity index (χ4n) is 6.17. The lowest BCUT2D eigenvalue weighted by atomic mass is 9.90. The van der Waals surface area contributed by atoms with Gasteiger partial charge in [-0.3, -0.25) is 19.3 Å². The van der Waals surface area contributed by atoms with Gasteiger partial charge in [-0.05, 0) is 69.7 Å². The minimum Gasteiger partial charge on any atom is -0.459 e. The Hall–Kier alpha value is -3.31. The number of ether oxygens (including phenoxy) is 3. The molecule has 2 heterocycles. The maximum absolute atomic E-state index is 13.1. The van der Waals surface area contributed by atoms with Gasteiger partial charge in [0.15, 0.2) is 6.29 Å². The first-order chi connectivity index (χ1) is 22.4. The van der Waals surface area contributed by atoms with Crippen LogP contribution in [0.4, 0.5) is 0 Å². The molecule has 5 atom stereocenters. The molecule has 10 heteroatoms. The van der Waals surface area contributed by atoms with Crippen molar-refractivity contribution in [1.29, 1.82) is 0 Å². The van der Waals surface area contributed by atoms with Crippen LogP contribution in [0.5, 0.6) is 0 Å². The SMILES string of the molecule is CC(=O)NCCCCCC(=O)NCc1ccc([C@H]2O[C@@H](CN3CCC[C@H]3C(=O)OC(C)(C)C)[C@@H](C)[C@@H](c3ccc(CO)cc3)O2)cc1. The molecule has 2 fully saturated rings. The van der Waals surface area contributed by atoms with Gasteiger partial charge in [-0.1, -0.05) is 61.9 Å². The summed E-state index contributed by atoms with van der Waals surface area (Å²) < 4.78 is 19.0. The second-order valence-electron chi connectivity index (χ2n) is 13.8. The predicted molar refractivity (Wildman–Crippen MR) is 179 cm³/mol. The molecule has 0 spiro atoms. The summed E-state index contributed by atoms with van der Waals surface area (Å²) in [6.45, 7) is 11.7. The van der Waals surface area contributed by atoms with Gasteiger partial charge < -0.3 is 30.0 Å². The van der Waals surface area contributed by atoms with Crippen molar-refractivity contribution >= 4 is 17.8 Å². The summed E-state index contributed by atoms with van der Waals surface area (Å²) in [4.78, 5) is 38.6. The fourth-order valence-corrected chi connectivity index (χ4v) is 6.17. The molecular weight excluding hydrogens is 598 g/mol. The third kappa shape index (κ3) is 11.1. The second-order valence-corrected chi connectivity index (χ2v) is 13.8. The maximum atomic E-state index is 13.1. The molecule has 47 heavy (non-hydrogen) atoms. The van der Waals surface area contributed by atoms with Gasteiger partial charge in [0, 0.05) is 44.5 Å². The van der Waals surface area contributed by atoms with Crippen LogP contribution >= 0.6 is 0 Å². The third-order valence-electron chi connectivity index (χ3n) is 8.78. The molecule has 4 rings (SSSR count). The number of rotatable bonds is 14. The molecule has 2 aliphatic rings. The molecule has 2 saturated heterocycles. The summed E-state index contributed by atoms with van der Waals surface area (Å²) in [7, 11) is 0. The average Bonchev–Trinajstić information content (AvgIpc) is 3.50. The van der Waals surface area contributed by atoms with Crippen molar-refractivity contribution in [3.8, 4) is 0 Å². The standard InChI is InChI=1S/C37H53N3O7/c1-25-32(23-40-21-9-10-31(40)35(44)47-37(3,4)5)45-36(46-34(25)29-16-14-28(24-41)15-17-29)30-18-12-27(13-19-30)22-39-33(43)11-7-6-8-20-38-26(2)42/h12-19,25,31-32,34,36,41H,6-11,20-24H2,1-5H3,(H,38,42)(H,39,43)/t25-,31+,32+,34+,36+/m1/s1. The molecule has 0 saturated carbocycles. The van der Waals surface area contributed by atoms with Gasteiger partial charge in [-0.2, -0.15) is 0 Å². The minimum absolute atomic E-state index is 0.00559. The van der Waals surface area contributed by atoms with E-state index in [-0.39, 0.29) is 48.6 Å². The fraction of sp³-hybridized carbons (Fsp3) is 0.595. The van der Waals surface area contributed by atoms with Gasteiger partial charge in [0.25, 0.3) is 0 Å². The number of unbranched alkanes of at least 4 members (excludes halogenated alkanes) is 2. The topological polar surface area (TPSA) is 126 Å². The smallest absolute Gasteiger partial charge is 0.323 e. The van der Waals surface area contributed by atoms with Gasteiger partial charge in [0.2, 0.25) is 11.8 Å². The predicted octanol–water partition coefficient (Wildman–Crippen LogP) is 5.09. The van der Waals surface area contributed by atoms with Gasteiger partial charge >= 0.3 is 5.97 Å². The Kier molecular flexibility index (Phi) is 13.4. The Balaban J connectivity index is 1.41. The summed E-state index contributed by atoms with van der Waals surface area (Å²) in [5, 5.41) is 15.3. The number of likely N-dealkylation sites (tertiary alicyclic amines) is 1. The van der Waals surface area contributed by atoms with Crippen molar-refractivity contribution in [2.45, 2.75) is 116 Å². The van der Waals surface area contributed by atoms with Crippen LogP contribution in [0.3, 0.4) is 0 Å². The van der Waals surface area contributed by atoms with Crippen molar-refractivity contribution in [2.75, 3.05) is 19.6 Å². The van der Waals surface area contributed by atoms with E-state index in [2.05, 4.69) is 22.5 Å². The lowest BCUT2D eigenvalue weighted by molar-refractivity contribution is -0.276. The van der Waals surface area contributed by atoms with Crippen LogP contribution in [0.2, 0.25) is 0 Å². The van der Waals surface area contributed by atoms with Crippen molar-refractivity contribution in [3.05, 3.63) is 70.8 Å². The highest BCUT2D eigenvalue weighted by Gasteiger charge is 2.42. The van der Waals surface area contributed by atoms with Crippen LogP contribution in [0.25, 0.3) is 0 Å². The largest absolute Gasteiger partial charge is 0.459 e. The number of aliphatic hydroxyl groups is 1. The van der Waals surface area contributed by atoms with E-state index in [1.54, 1.807) is 0 Å². The number of hydrogen-bond acceptors (Lipinski definition) is 8. The van der Waals surface area contributed by atoms with E-state index >= 15 is 0 Å². The number of nitrogens with zero attached hydrogens (tertiary/aromatic N) is 1. The number of carbonyl (C=O) groups excluding carboxylic acids is 3. The molecule has 0 aliphatic carbocycles. The number of esters is 1. The van der Waals surface area contributed by atoms with Crippen molar-refractivity contribution < 1.29 is 33.7 Å². The Bertz CT molecular complexity index is 1310. The van der Waals surface area contributed by atoms with E-state index in [0.29, 0.717) is 26.1 Å². The zero-order valence-corrected chi connectivity index (χ0v) is 28.6. The van der Waals surface area contributed by atoms with E-state index in [1.165, 1.54) is 6.92 Å². The van der Waals surface area contributed by atoms with E-state index in [9.17, 15) is 19.5 Å². The second kappa shape index (κ2) is 17.2. The number of nitrogens with one attached hydrogen (secondary N) is 2. The molecule has 2 amide bonds. The molecule has 0 aromatic heterocycles. The van der Waals surface area contributed by atoms with Crippen molar-refractivity contribution in [2.24, 2.45) is 5.92 Å². The first kappa shape index (κ1) is 36.5. The minimum atomic E-state index is -0.623. The molecule has 3 N–H and O–H groups in total. The van der Waals surface area contributed by atoms with Crippen LogP contribution in [0, 0.1) is 5.92 Å². The summed E-state index contributed by atoms with van der Waals surface area (Å²) in [5.41, 5.74) is 3.14. The zero-order valence-electron chi connectivity index (χ0n) is 28.6. The van der Waals surface area contributed by atoms with Crippen LogP contribution < -0.4 is 10.6 Å². The number of hydrogen-bond donors (Lipinski definition) is 3. The molecule has 2 aromatic rings. The van der Waals surface area contributed by atoms with Gasteiger partial charge in [-0.15, -0.1) is 0 Å². The molecule has 0 radical (unpaired) electrons. The van der Waals surface area contributed by atoms with Gasteiger partial charge in [0.05, 0.1) is 18.8 Å². The van der Waals surface area contributed by atoms with Gasteiger partial charge in [-0.25, -0.2) is 0 Å². The summed E-state index contributed by atoms with van der Waals surface area (Å²) in [6, 6.07) is 15.4. The Morgan fingerprint density at radius 2 is 1.62 bits per heavy atom. The molecule has 0 unspecified atom stereocenters. The van der Waals surface area contributed by atoms with E-state index < -0.39 is 11.9 Å². The Morgan fingerprint density at radius 3 is 2.28 bits per heavy atom. The summed E-state index contributed by atoms with van der Waals surface area (Å²) in [5.74, 6) is -0.224. The molecule has 2 aliphatic heterocycles. The molecule has 258 valence electrons. The van der Waals surface area contributed by atoms with Crippen LogP contribution in [0.15, 0.2) is 48.5 Å². The van der Waals surface area contributed by atoms with E-state index in [4.69, 9.17) is 14.2 Å².